The number of fused-ring (bicyclic) bond motifs is 14. The molecule has 0 radical (unpaired) electrons. The second-order valence-electron chi connectivity index (χ2n) is 34.9. The van der Waals surface area contributed by atoms with Crippen LogP contribution in [-0.4, -0.2) is 96.5 Å². The molecule has 11 nitrogen and oxygen atoms in total. The maximum absolute atomic E-state index is 12.2. The molecule has 0 fully saturated rings. The topological polar surface area (TPSA) is 133 Å². The summed E-state index contributed by atoms with van der Waals surface area (Å²) in [5, 5.41) is 13.8. The van der Waals surface area contributed by atoms with Crippen LogP contribution in [0.15, 0.2) is 258 Å². The van der Waals surface area contributed by atoms with Crippen molar-refractivity contribution in [2.45, 2.75) is 155 Å². The van der Waals surface area contributed by atoms with Crippen LogP contribution >= 0.6 is 75.5 Å². The molecule has 0 bridgehead atoms. The highest BCUT2D eigenvalue weighted by Gasteiger charge is 2.49. The van der Waals surface area contributed by atoms with Gasteiger partial charge >= 0.3 is 0 Å². The van der Waals surface area contributed by atoms with Gasteiger partial charge in [-0.25, -0.2) is 0 Å². The molecule has 2 aliphatic carbocycles. The number of halogens is 4. The molecule has 10 aromatic rings. The fraction of sp³-hybridized carbons (Fsp3) is 0.314. The highest BCUT2D eigenvalue weighted by atomic mass is 79.9. The minimum absolute atomic E-state index is 0.305. The van der Waals surface area contributed by atoms with Gasteiger partial charge in [-0.05, 0) is 251 Å². The number of rotatable bonds is 29. The van der Waals surface area contributed by atoms with Crippen LogP contribution in [0.5, 0.6) is 0 Å². The van der Waals surface area contributed by atoms with Gasteiger partial charge in [0.05, 0.1) is 22.3 Å². The maximum atomic E-state index is 12.2. The standard InChI is InChI=1S/C102H103Br4N5O6S3/c1-11-13-19-54-108-85-45-29-65-61-69(103)33-37-73(65)93(85)99(3,4)89(108)49-41-81-77-25-15-16-26-78(77)82(42-50-90-100(5,6)95-75-39-35-71(105)63-67(75)31-47-87(95)110(90)56-21-23-59-119(112,113)114)97(81)107-53-58-118-98-83(43-51-91-101(7,8)94-74-38-34-70(104)62-66(74)30-46-86(94)109(91)55-20-14-12-2)79-27-17-18-28-80(79)84(98)44-52-92-102(9,10)96-76-40-36-72(106)64-68(76)32-48-88(96)111(92)57-22-24-60-120(115,116)117/h15-18,25-52,61-64H,11-14,19-24,53-60H2,1-10H3,(H-,112,113,114,115,116,117)/p+2/b82-42+,90-50+. The quantitative estimate of drug-likeness (QED) is 0.0236. The van der Waals surface area contributed by atoms with Crippen molar-refractivity contribution in [1.29, 1.82) is 0 Å². The van der Waals surface area contributed by atoms with E-state index in [0.717, 1.165) is 164 Å². The highest BCUT2D eigenvalue weighted by Crippen LogP contribution is 2.56. The third-order valence-electron chi connectivity index (χ3n) is 25.6. The molecule has 10 aromatic carbocycles. The molecule has 0 spiro atoms. The van der Waals surface area contributed by atoms with E-state index in [2.05, 4.69) is 376 Å². The van der Waals surface area contributed by atoms with E-state index in [9.17, 15) is 25.9 Å². The van der Waals surface area contributed by atoms with Gasteiger partial charge in [-0.2, -0.15) is 26.0 Å². The van der Waals surface area contributed by atoms with Gasteiger partial charge in [-0.1, -0.05) is 215 Å². The van der Waals surface area contributed by atoms with Crippen LogP contribution in [0.25, 0.3) is 65.4 Å². The number of thioether (sulfide) groups is 1. The van der Waals surface area contributed by atoms with Crippen molar-refractivity contribution in [3.63, 3.8) is 0 Å². The highest BCUT2D eigenvalue weighted by molar-refractivity contribution is 9.11. The molecule has 4 aliphatic heterocycles. The Balaban J connectivity index is 0.852. The molecule has 4 heterocycles. The molecule has 0 saturated carbocycles. The Bertz CT molecular complexity index is 6080. The van der Waals surface area contributed by atoms with E-state index in [1.54, 1.807) is 0 Å². The predicted octanol–water partition coefficient (Wildman–Crippen LogP) is 26.9. The van der Waals surface area contributed by atoms with Crippen molar-refractivity contribution in [3.8, 4) is 0 Å². The number of nitrogens with zero attached hydrogens (tertiary/aromatic N) is 4. The van der Waals surface area contributed by atoms with E-state index < -0.39 is 31.1 Å². The zero-order valence-corrected chi connectivity index (χ0v) is 78.9. The van der Waals surface area contributed by atoms with Crippen molar-refractivity contribution in [2.75, 3.05) is 59.8 Å². The second-order valence-corrected chi connectivity index (χ2v) is 42.8. The molecule has 0 unspecified atom stereocenters. The van der Waals surface area contributed by atoms with Gasteiger partial charge in [-0.15, -0.1) is 11.8 Å². The van der Waals surface area contributed by atoms with Crippen molar-refractivity contribution in [1.82, 2.24) is 5.32 Å². The molecule has 120 heavy (non-hydrogen) atoms. The maximum Gasteiger partial charge on any atom is 0.264 e. The van der Waals surface area contributed by atoms with Crippen molar-refractivity contribution < 1.29 is 35.1 Å². The van der Waals surface area contributed by atoms with Gasteiger partial charge in [0.1, 0.15) is 13.1 Å². The molecule has 18 heteroatoms. The zero-order chi connectivity index (χ0) is 84.5. The number of hydrogen-bond donors (Lipinski definition) is 3. The van der Waals surface area contributed by atoms with Crippen LogP contribution in [0, 0.1) is 0 Å². The molecule has 0 amide bonds. The van der Waals surface area contributed by atoms with Gasteiger partial charge in [0.2, 0.25) is 11.4 Å². The van der Waals surface area contributed by atoms with Crippen LogP contribution < -0.4 is 15.1 Å². The molecular formula is C102H105Br4N5O6S3+2. The lowest BCUT2D eigenvalue weighted by Gasteiger charge is -2.27. The predicted molar refractivity (Wildman–Crippen MR) is 521 cm³/mol. The Hall–Kier alpha value is -8.01. The van der Waals surface area contributed by atoms with Gasteiger partial charge in [-0.3, -0.25) is 9.11 Å². The summed E-state index contributed by atoms with van der Waals surface area (Å²) in [5.74, 6) is 0.0622. The van der Waals surface area contributed by atoms with E-state index >= 15 is 0 Å². The lowest BCUT2D eigenvalue weighted by atomic mass is 9.79. The van der Waals surface area contributed by atoms with E-state index in [4.69, 9.17) is 0 Å². The summed E-state index contributed by atoms with van der Waals surface area (Å²) in [7, 11) is -8.33. The first-order valence-electron chi connectivity index (χ1n) is 42.3. The van der Waals surface area contributed by atoms with Crippen LogP contribution in [0.4, 0.5) is 22.7 Å². The van der Waals surface area contributed by atoms with Crippen molar-refractivity contribution in [3.05, 3.63) is 303 Å². The lowest BCUT2D eigenvalue weighted by Crippen LogP contribution is -2.28. The Labute approximate surface area is 746 Å². The fourth-order valence-electron chi connectivity index (χ4n) is 20.1. The zero-order valence-electron chi connectivity index (χ0n) is 70.1. The molecule has 3 N–H and O–H groups in total. The van der Waals surface area contributed by atoms with Gasteiger partial charge in [0.15, 0.2) is 11.4 Å². The summed E-state index contributed by atoms with van der Waals surface area (Å²) < 4.78 is 78.2. The third-order valence-corrected chi connectivity index (χ3v) is 30.3. The summed E-state index contributed by atoms with van der Waals surface area (Å²) >= 11 is 17.0. The largest absolute Gasteiger partial charge is 0.383 e. The van der Waals surface area contributed by atoms with E-state index in [-0.39, 0.29) is 22.3 Å². The second kappa shape index (κ2) is 34.3. The lowest BCUT2D eigenvalue weighted by molar-refractivity contribution is -0.438. The minimum Gasteiger partial charge on any atom is -0.383 e. The first-order chi connectivity index (χ1) is 57.4. The van der Waals surface area contributed by atoms with Gasteiger partial charge in [0.25, 0.3) is 20.2 Å². The minimum atomic E-state index is -4.17. The first-order valence-corrected chi connectivity index (χ1v) is 49.7. The summed E-state index contributed by atoms with van der Waals surface area (Å²) in [6, 6.07) is 62.2. The molecule has 0 saturated heterocycles. The number of hydrogen-bond acceptors (Lipinski definition) is 8. The smallest absolute Gasteiger partial charge is 0.264 e. The van der Waals surface area contributed by atoms with Crippen molar-refractivity contribution in [2.24, 2.45) is 0 Å². The van der Waals surface area contributed by atoms with Crippen LogP contribution in [-0.2, 0) is 41.9 Å². The molecular weight excluding hydrogens is 1810 g/mol. The van der Waals surface area contributed by atoms with Gasteiger partial charge < -0.3 is 15.1 Å². The normalized spacial score (nSPS) is 18.4. The van der Waals surface area contributed by atoms with E-state index in [1.165, 1.54) is 71.5 Å². The number of anilines is 2. The molecule has 16 rings (SSSR count). The van der Waals surface area contributed by atoms with Crippen LogP contribution in [0.1, 0.15) is 178 Å². The fourth-order valence-corrected chi connectivity index (χ4v) is 23.8. The SMILES string of the molecule is CCCCC[N+]1=C(/C=C/C2=C(NCCSC3=C(/C=C/C4=[N+](CCCCC)c5ccc6cc(Br)ccc6c5C4(C)C)c4ccccc4/C3=C\C=C3\N(CCCCS(=O)(=O)O)c4ccc5cc(Br)ccc5c4C3(C)C)C(=C/C=C3/N(CCCCS(=O)(=O)O)c4ccc5cc(Br)ccc5c4C3(C)C)/c3ccccc32)C(C)(C)c2c1ccc1cc(Br)ccc21. The average molecular weight is 1910 g/mol. The summed E-state index contributed by atoms with van der Waals surface area (Å²) in [4.78, 5) is 5.94. The number of unbranched alkanes of at least 4 members (excludes halogenated alkanes) is 6. The molecule has 0 atom stereocenters. The number of benzene rings is 10. The monoisotopic (exact) mass is 1910 g/mol. The molecule has 6 aliphatic rings. The number of allylic oxidation sites excluding steroid dienone is 14. The summed E-state index contributed by atoms with van der Waals surface area (Å²) in [6.07, 6.45) is 27.3. The average Bonchev–Trinajstić information content (AvgIpc) is 1.58. The van der Waals surface area contributed by atoms with Gasteiger partial charge in [0, 0.05) is 147 Å². The van der Waals surface area contributed by atoms with E-state index in [1.807, 2.05) is 11.8 Å². The molecule has 618 valence electrons. The Morgan fingerprint density at radius 1 is 0.417 bits per heavy atom. The van der Waals surface area contributed by atoms with Crippen molar-refractivity contribution >= 4 is 195 Å². The first kappa shape index (κ1) is 85.5. The third kappa shape index (κ3) is 16.3. The Morgan fingerprint density at radius 3 is 1.23 bits per heavy atom. The summed E-state index contributed by atoms with van der Waals surface area (Å²) in [6.45, 7) is 26.9. The van der Waals surface area contributed by atoms with E-state index in [0.29, 0.717) is 51.1 Å². The number of nitrogens with one attached hydrogen (secondary N) is 1. The Kier molecular flexibility index (Phi) is 24.4. The summed E-state index contributed by atoms with van der Waals surface area (Å²) in [5.41, 5.74) is 22.8. The molecule has 0 aromatic heterocycles. The Morgan fingerprint density at radius 2 is 0.800 bits per heavy atom. The van der Waals surface area contributed by atoms with Crippen LogP contribution in [0.3, 0.4) is 0 Å². The van der Waals surface area contributed by atoms with Crippen LogP contribution in [0.2, 0.25) is 0 Å².